The van der Waals surface area contributed by atoms with Crippen LogP contribution in [0.4, 0.5) is 0 Å². The van der Waals surface area contributed by atoms with Crippen molar-refractivity contribution in [1.29, 1.82) is 0 Å². The number of hydrogen-bond acceptors (Lipinski definition) is 1. The Morgan fingerprint density at radius 1 is 1.60 bits per heavy atom. The molecule has 0 aliphatic heterocycles. The van der Waals surface area contributed by atoms with Crippen LogP contribution in [0.15, 0.2) is 12.2 Å². The van der Waals surface area contributed by atoms with Crippen molar-refractivity contribution in [1.82, 2.24) is 0 Å². The minimum Gasteiger partial charge on any atom is -0.294 e. The minimum absolute atomic E-state index is 0.117. The number of hydrogen-bond donors (Lipinski definition) is 0. The van der Waals surface area contributed by atoms with Gasteiger partial charge in [0.05, 0.1) is 0 Å². The minimum atomic E-state index is -0.117. The largest absolute Gasteiger partial charge is 0.294 e. The summed E-state index contributed by atoms with van der Waals surface area (Å²) in [5.41, 5.74) is -0.117. The van der Waals surface area contributed by atoms with Crippen molar-refractivity contribution in [2.45, 2.75) is 27.2 Å². The first-order valence-electron chi connectivity index (χ1n) is 3.75. The third-order valence-electron chi connectivity index (χ3n) is 2.08. The van der Waals surface area contributed by atoms with Gasteiger partial charge < -0.3 is 0 Å². The Bertz CT molecular complexity index is 177. The van der Waals surface area contributed by atoms with Crippen molar-refractivity contribution < 1.29 is 4.79 Å². The van der Waals surface area contributed by atoms with E-state index >= 15 is 0 Å². The summed E-state index contributed by atoms with van der Waals surface area (Å²) in [7, 11) is 0. The van der Waals surface area contributed by atoms with Crippen LogP contribution in [-0.4, -0.2) is 5.78 Å². The molecule has 0 N–H and O–H groups in total. The molecule has 0 aromatic rings. The van der Waals surface area contributed by atoms with Crippen LogP contribution < -0.4 is 0 Å². The van der Waals surface area contributed by atoms with E-state index in [4.69, 9.17) is 0 Å². The number of rotatable bonds is 0. The van der Waals surface area contributed by atoms with Crippen LogP contribution in [0.25, 0.3) is 0 Å². The summed E-state index contributed by atoms with van der Waals surface area (Å²) in [6, 6.07) is 0. The molecule has 1 unspecified atom stereocenters. The summed E-state index contributed by atoms with van der Waals surface area (Å²) >= 11 is 0. The molecule has 0 saturated carbocycles. The molecule has 1 nitrogen and oxygen atoms in total. The van der Waals surface area contributed by atoms with E-state index in [1.54, 1.807) is 6.08 Å². The van der Waals surface area contributed by atoms with Crippen LogP contribution in [-0.2, 0) is 4.79 Å². The van der Waals surface area contributed by atoms with Crippen LogP contribution in [0.2, 0.25) is 0 Å². The van der Waals surface area contributed by atoms with Crippen molar-refractivity contribution in [2.75, 3.05) is 0 Å². The Morgan fingerprint density at radius 2 is 2.20 bits per heavy atom. The van der Waals surface area contributed by atoms with Crippen molar-refractivity contribution >= 4 is 5.78 Å². The summed E-state index contributed by atoms with van der Waals surface area (Å²) in [6.45, 7) is 6.16. The second-order valence-electron chi connectivity index (χ2n) is 3.79. The van der Waals surface area contributed by atoms with Gasteiger partial charge in [-0.2, -0.15) is 0 Å². The maximum Gasteiger partial charge on any atom is 0.160 e. The van der Waals surface area contributed by atoms with Crippen LogP contribution in [0.1, 0.15) is 27.2 Å². The Balaban J connectivity index is 2.82. The van der Waals surface area contributed by atoms with Crippen LogP contribution >= 0.6 is 0 Å². The van der Waals surface area contributed by atoms with Crippen molar-refractivity contribution in [3.8, 4) is 0 Å². The van der Waals surface area contributed by atoms with Gasteiger partial charge in [-0.15, -0.1) is 0 Å². The molecule has 1 aliphatic carbocycles. The third-order valence-corrected chi connectivity index (χ3v) is 2.08. The van der Waals surface area contributed by atoms with Gasteiger partial charge >= 0.3 is 0 Å². The zero-order chi connectivity index (χ0) is 7.78. The maximum atomic E-state index is 11.2. The van der Waals surface area contributed by atoms with Gasteiger partial charge in [0.1, 0.15) is 0 Å². The molecule has 1 rings (SSSR count). The molecule has 0 saturated heterocycles. The number of allylic oxidation sites excluding steroid dienone is 2. The van der Waals surface area contributed by atoms with Crippen LogP contribution in [0.3, 0.4) is 0 Å². The molecule has 1 aliphatic rings. The lowest BCUT2D eigenvalue weighted by atomic mass is 9.76. The molecule has 0 radical (unpaired) electrons. The molecule has 0 bridgehead atoms. The van der Waals surface area contributed by atoms with Gasteiger partial charge in [-0.05, 0) is 18.4 Å². The molecule has 0 aromatic heterocycles. The zero-order valence-electron chi connectivity index (χ0n) is 6.85. The molecule has 0 heterocycles. The molecule has 1 heteroatoms. The van der Waals surface area contributed by atoms with E-state index in [1.165, 1.54) is 0 Å². The fourth-order valence-electron chi connectivity index (χ4n) is 1.45. The van der Waals surface area contributed by atoms with Crippen molar-refractivity contribution in [3.63, 3.8) is 0 Å². The summed E-state index contributed by atoms with van der Waals surface area (Å²) in [4.78, 5) is 11.2. The van der Waals surface area contributed by atoms with E-state index < -0.39 is 0 Å². The molecular weight excluding hydrogens is 124 g/mol. The quantitative estimate of drug-likeness (QED) is 0.501. The van der Waals surface area contributed by atoms with Gasteiger partial charge in [-0.25, -0.2) is 0 Å². The van der Waals surface area contributed by atoms with Gasteiger partial charge in [0, 0.05) is 5.41 Å². The van der Waals surface area contributed by atoms with Crippen LogP contribution in [0.5, 0.6) is 0 Å². The SMILES string of the molecule is CC1C=CC(=O)C(C)(C)C1. The second kappa shape index (κ2) is 2.22. The average Bonchev–Trinajstić information content (AvgIpc) is 1.78. The number of ketones is 1. The van der Waals surface area contributed by atoms with Gasteiger partial charge in [0.2, 0.25) is 0 Å². The first-order valence-corrected chi connectivity index (χ1v) is 3.75. The monoisotopic (exact) mass is 138 g/mol. The molecule has 0 amide bonds. The smallest absolute Gasteiger partial charge is 0.160 e. The Morgan fingerprint density at radius 3 is 2.60 bits per heavy atom. The molecule has 10 heavy (non-hydrogen) atoms. The maximum absolute atomic E-state index is 11.2. The lowest BCUT2D eigenvalue weighted by Gasteiger charge is -2.27. The topological polar surface area (TPSA) is 17.1 Å². The lowest BCUT2D eigenvalue weighted by Crippen LogP contribution is -2.27. The Hall–Kier alpha value is -0.590. The molecular formula is C9H14O. The fourth-order valence-corrected chi connectivity index (χ4v) is 1.45. The molecule has 1 atom stereocenters. The third kappa shape index (κ3) is 1.28. The first-order chi connectivity index (χ1) is 4.52. The van der Waals surface area contributed by atoms with E-state index in [0.717, 1.165) is 6.42 Å². The molecule has 56 valence electrons. The highest BCUT2D eigenvalue weighted by atomic mass is 16.1. The normalized spacial score (nSPS) is 30.7. The van der Waals surface area contributed by atoms with Gasteiger partial charge in [0.15, 0.2) is 5.78 Å². The predicted octanol–water partition coefficient (Wildman–Crippen LogP) is 2.18. The highest BCUT2D eigenvalue weighted by molar-refractivity contribution is 5.95. The van der Waals surface area contributed by atoms with Crippen LogP contribution in [0, 0.1) is 11.3 Å². The van der Waals surface area contributed by atoms with E-state index in [0.29, 0.717) is 5.92 Å². The van der Waals surface area contributed by atoms with E-state index in [2.05, 4.69) is 6.92 Å². The fraction of sp³-hybridized carbons (Fsp3) is 0.667. The summed E-state index contributed by atoms with van der Waals surface area (Å²) in [6.07, 6.45) is 4.70. The van der Waals surface area contributed by atoms with Crippen molar-refractivity contribution in [3.05, 3.63) is 12.2 Å². The van der Waals surface area contributed by atoms with E-state index in [9.17, 15) is 4.79 Å². The Labute approximate surface area is 62.1 Å². The van der Waals surface area contributed by atoms with E-state index in [1.807, 2.05) is 19.9 Å². The van der Waals surface area contributed by atoms with Crippen molar-refractivity contribution in [2.24, 2.45) is 11.3 Å². The Kier molecular flexibility index (Phi) is 1.67. The predicted molar refractivity (Wildman–Crippen MR) is 41.7 cm³/mol. The highest BCUT2D eigenvalue weighted by Crippen LogP contribution is 2.31. The average molecular weight is 138 g/mol. The lowest BCUT2D eigenvalue weighted by molar-refractivity contribution is -0.123. The summed E-state index contributed by atoms with van der Waals surface area (Å²) in [5, 5.41) is 0. The second-order valence-corrected chi connectivity index (χ2v) is 3.79. The van der Waals surface area contributed by atoms with Gasteiger partial charge in [0.25, 0.3) is 0 Å². The molecule has 0 aromatic carbocycles. The zero-order valence-corrected chi connectivity index (χ0v) is 6.85. The molecule has 0 fully saturated rings. The summed E-state index contributed by atoms with van der Waals surface area (Å²) < 4.78 is 0. The first kappa shape index (κ1) is 7.52. The standard InChI is InChI=1S/C9H14O/c1-7-4-5-8(10)9(2,3)6-7/h4-5,7H,6H2,1-3H3. The molecule has 0 spiro atoms. The number of carbonyl (C=O) groups excluding carboxylic acids is 1. The van der Waals surface area contributed by atoms with E-state index in [-0.39, 0.29) is 11.2 Å². The van der Waals surface area contributed by atoms with Gasteiger partial charge in [-0.1, -0.05) is 26.8 Å². The highest BCUT2D eigenvalue weighted by Gasteiger charge is 2.29. The van der Waals surface area contributed by atoms with Gasteiger partial charge in [-0.3, -0.25) is 4.79 Å². The number of carbonyl (C=O) groups is 1. The summed E-state index contributed by atoms with van der Waals surface area (Å²) in [5.74, 6) is 0.832.